The summed E-state index contributed by atoms with van der Waals surface area (Å²) < 4.78 is 5.23. The standard InChI is InChI=1S/C23H29ClN2O2/c1-3-22(17-10-12-20(28-2)13-11-17)25-23(27)19-8-6-14-26(16-19)15-18-7-4-5-9-21(18)24/h4-5,7,9-13,19,22H,3,6,8,14-16H2,1-2H3,(H,25,27)/t19-,22+/m0/s1. The average molecular weight is 401 g/mol. The number of carbonyl (C=O) groups excluding carboxylic acids is 1. The third kappa shape index (κ3) is 5.27. The first-order valence-corrected chi connectivity index (χ1v) is 10.4. The normalized spacial score (nSPS) is 18.5. The lowest BCUT2D eigenvalue weighted by Crippen LogP contribution is -2.43. The molecule has 1 aliphatic rings. The van der Waals surface area contributed by atoms with Crippen LogP contribution in [0.1, 0.15) is 43.4 Å². The minimum absolute atomic E-state index is 0.0172. The summed E-state index contributed by atoms with van der Waals surface area (Å²) in [6, 6.07) is 15.9. The molecule has 1 saturated heterocycles. The first-order valence-electron chi connectivity index (χ1n) is 10.0. The van der Waals surface area contributed by atoms with Crippen LogP contribution in [0.2, 0.25) is 5.02 Å². The minimum Gasteiger partial charge on any atom is -0.497 e. The van der Waals surface area contributed by atoms with Gasteiger partial charge in [0.1, 0.15) is 5.75 Å². The summed E-state index contributed by atoms with van der Waals surface area (Å²) in [6.45, 7) is 4.67. The van der Waals surface area contributed by atoms with E-state index in [0.717, 1.165) is 60.8 Å². The Morgan fingerprint density at radius 1 is 1.25 bits per heavy atom. The van der Waals surface area contributed by atoms with Gasteiger partial charge in [0, 0.05) is 18.1 Å². The molecule has 1 N–H and O–H groups in total. The number of nitrogens with zero attached hydrogens (tertiary/aromatic N) is 1. The molecule has 3 rings (SSSR count). The molecule has 1 amide bonds. The third-order valence-electron chi connectivity index (χ3n) is 5.47. The van der Waals surface area contributed by atoms with E-state index in [-0.39, 0.29) is 17.9 Å². The molecule has 2 aromatic carbocycles. The maximum atomic E-state index is 12.9. The van der Waals surface area contributed by atoms with E-state index in [0.29, 0.717) is 0 Å². The maximum absolute atomic E-state index is 12.9. The summed E-state index contributed by atoms with van der Waals surface area (Å²) >= 11 is 6.30. The quantitative estimate of drug-likeness (QED) is 0.723. The van der Waals surface area contributed by atoms with Crippen LogP contribution in [0.4, 0.5) is 0 Å². The number of amides is 1. The van der Waals surface area contributed by atoms with Gasteiger partial charge >= 0.3 is 0 Å². The maximum Gasteiger partial charge on any atom is 0.224 e. The van der Waals surface area contributed by atoms with Crippen molar-refractivity contribution in [3.8, 4) is 5.75 Å². The molecule has 0 spiro atoms. The van der Waals surface area contributed by atoms with Crippen LogP contribution in [-0.2, 0) is 11.3 Å². The molecule has 0 aliphatic carbocycles. The van der Waals surface area contributed by atoms with E-state index in [1.165, 1.54) is 0 Å². The highest BCUT2D eigenvalue weighted by Crippen LogP contribution is 2.24. The van der Waals surface area contributed by atoms with Gasteiger partial charge in [-0.25, -0.2) is 0 Å². The Labute approximate surface area is 172 Å². The van der Waals surface area contributed by atoms with Crippen LogP contribution in [0.3, 0.4) is 0 Å². The monoisotopic (exact) mass is 400 g/mol. The lowest BCUT2D eigenvalue weighted by Gasteiger charge is -2.33. The van der Waals surface area contributed by atoms with E-state index in [1.54, 1.807) is 7.11 Å². The molecule has 0 unspecified atom stereocenters. The number of carbonyl (C=O) groups is 1. The largest absolute Gasteiger partial charge is 0.497 e. The number of rotatable bonds is 7. The molecule has 4 nitrogen and oxygen atoms in total. The van der Waals surface area contributed by atoms with Crippen molar-refractivity contribution < 1.29 is 9.53 Å². The lowest BCUT2D eigenvalue weighted by atomic mass is 9.95. The van der Waals surface area contributed by atoms with Crippen molar-refractivity contribution in [3.05, 3.63) is 64.7 Å². The highest BCUT2D eigenvalue weighted by molar-refractivity contribution is 6.31. The topological polar surface area (TPSA) is 41.6 Å². The minimum atomic E-state index is 0.0172. The second-order valence-electron chi connectivity index (χ2n) is 7.41. The van der Waals surface area contributed by atoms with Gasteiger partial charge in [0.15, 0.2) is 0 Å². The summed E-state index contributed by atoms with van der Waals surface area (Å²) in [7, 11) is 1.66. The smallest absolute Gasteiger partial charge is 0.224 e. The second kappa shape index (κ2) is 9.94. The molecule has 150 valence electrons. The van der Waals surface area contributed by atoms with Crippen LogP contribution in [0.25, 0.3) is 0 Å². The molecule has 2 aromatic rings. The molecule has 0 bridgehead atoms. The van der Waals surface area contributed by atoms with Crippen molar-refractivity contribution >= 4 is 17.5 Å². The van der Waals surface area contributed by atoms with Crippen molar-refractivity contribution in [2.24, 2.45) is 5.92 Å². The van der Waals surface area contributed by atoms with Gasteiger partial charge in [-0.15, -0.1) is 0 Å². The Bertz CT molecular complexity index is 778. The molecular weight excluding hydrogens is 372 g/mol. The van der Waals surface area contributed by atoms with Gasteiger partial charge in [-0.1, -0.05) is 48.9 Å². The van der Waals surface area contributed by atoms with E-state index >= 15 is 0 Å². The molecule has 28 heavy (non-hydrogen) atoms. The van der Waals surface area contributed by atoms with Gasteiger partial charge in [-0.3, -0.25) is 9.69 Å². The van der Waals surface area contributed by atoms with Crippen molar-refractivity contribution in [2.45, 2.75) is 38.8 Å². The number of nitrogens with one attached hydrogen (secondary N) is 1. The Balaban J connectivity index is 1.60. The van der Waals surface area contributed by atoms with Gasteiger partial charge in [-0.2, -0.15) is 0 Å². The second-order valence-corrected chi connectivity index (χ2v) is 7.82. The van der Waals surface area contributed by atoms with Crippen LogP contribution < -0.4 is 10.1 Å². The fourth-order valence-electron chi connectivity index (χ4n) is 3.83. The molecule has 0 radical (unpaired) electrons. The molecule has 1 heterocycles. The van der Waals surface area contributed by atoms with Crippen molar-refractivity contribution in [1.82, 2.24) is 10.2 Å². The lowest BCUT2D eigenvalue weighted by molar-refractivity contribution is -0.127. The molecule has 5 heteroatoms. The van der Waals surface area contributed by atoms with E-state index in [4.69, 9.17) is 16.3 Å². The molecular formula is C23H29ClN2O2. The van der Waals surface area contributed by atoms with Gasteiger partial charge in [0.25, 0.3) is 0 Å². The van der Waals surface area contributed by atoms with Crippen LogP contribution in [-0.4, -0.2) is 31.0 Å². The Hall–Kier alpha value is -2.04. The zero-order valence-electron chi connectivity index (χ0n) is 16.7. The highest BCUT2D eigenvalue weighted by atomic mass is 35.5. The number of halogens is 1. The summed E-state index contributed by atoms with van der Waals surface area (Å²) in [6.07, 6.45) is 2.82. The fourth-order valence-corrected chi connectivity index (χ4v) is 4.02. The molecule has 2 atom stereocenters. The van der Waals surface area contributed by atoms with Crippen LogP contribution in [0.15, 0.2) is 48.5 Å². The average Bonchev–Trinajstić information content (AvgIpc) is 2.74. The molecule has 1 fully saturated rings. The number of likely N-dealkylation sites (tertiary alicyclic amines) is 1. The molecule has 1 aliphatic heterocycles. The fraction of sp³-hybridized carbons (Fsp3) is 0.435. The highest BCUT2D eigenvalue weighted by Gasteiger charge is 2.27. The van der Waals surface area contributed by atoms with Gasteiger partial charge < -0.3 is 10.1 Å². The Morgan fingerprint density at radius 3 is 2.68 bits per heavy atom. The first kappa shape index (κ1) is 20.7. The van der Waals surface area contributed by atoms with E-state index in [1.807, 2.05) is 42.5 Å². The van der Waals surface area contributed by atoms with Crippen molar-refractivity contribution in [1.29, 1.82) is 0 Å². The van der Waals surface area contributed by atoms with Gasteiger partial charge in [0.05, 0.1) is 19.1 Å². The number of benzene rings is 2. The summed E-state index contributed by atoms with van der Waals surface area (Å²) in [5.41, 5.74) is 2.23. The summed E-state index contributed by atoms with van der Waals surface area (Å²) in [5.74, 6) is 0.988. The van der Waals surface area contributed by atoms with Crippen LogP contribution in [0.5, 0.6) is 5.75 Å². The Kier molecular flexibility index (Phi) is 7.35. The first-order chi connectivity index (χ1) is 13.6. The zero-order valence-corrected chi connectivity index (χ0v) is 17.4. The SMILES string of the molecule is CC[C@@H](NC(=O)[C@H]1CCCN(Cc2ccccc2Cl)C1)c1ccc(OC)cc1. The number of ether oxygens (including phenoxy) is 1. The van der Waals surface area contributed by atoms with Crippen LogP contribution >= 0.6 is 11.6 Å². The van der Waals surface area contributed by atoms with E-state index < -0.39 is 0 Å². The number of hydrogen-bond donors (Lipinski definition) is 1. The number of methoxy groups -OCH3 is 1. The van der Waals surface area contributed by atoms with Gasteiger partial charge in [0.2, 0.25) is 5.91 Å². The molecule has 0 aromatic heterocycles. The summed E-state index contributed by atoms with van der Waals surface area (Å²) in [5, 5.41) is 4.04. The van der Waals surface area contributed by atoms with Crippen molar-refractivity contribution in [2.75, 3.05) is 20.2 Å². The zero-order chi connectivity index (χ0) is 19.9. The van der Waals surface area contributed by atoms with Crippen LogP contribution in [0, 0.1) is 5.92 Å². The predicted molar refractivity (Wildman–Crippen MR) is 114 cm³/mol. The molecule has 0 saturated carbocycles. The summed E-state index contributed by atoms with van der Waals surface area (Å²) in [4.78, 5) is 15.3. The number of hydrogen-bond acceptors (Lipinski definition) is 3. The van der Waals surface area contributed by atoms with Gasteiger partial charge in [-0.05, 0) is 55.1 Å². The van der Waals surface area contributed by atoms with Crippen molar-refractivity contribution in [3.63, 3.8) is 0 Å². The predicted octanol–water partition coefficient (Wildman–Crippen LogP) is 4.83. The van der Waals surface area contributed by atoms with E-state index in [2.05, 4.69) is 23.2 Å². The number of piperidine rings is 1. The Morgan fingerprint density at radius 2 is 2.00 bits per heavy atom. The third-order valence-corrected chi connectivity index (χ3v) is 5.84. The van der Waals surface area contributed by atoms with E-state index in [9.17, 15) is 4.79 Å².